The summed E-state index contributed by atoms with van der Waals surface area (Å²) in [5.74, 6) is 0. The van der Waals surface area contributed by atoms with Crippen molar-refractivity contribution in [1.82, 2.24) is 9.78 Å². The molecule has 0 amide bonds. The zero-order valence-corrected chi connectivity index (χ0v) is 7.96. The first-order valence-corrected chi connectivity index (χ1v) is 4.52. The predicted molar refractivity (Wildman–Crippen MR) is 55.4 cm³/mol. The third kappa shape index (κ3) is 1.66. The van der Waals surface area contributed by atoms with E-state index in [0.29, 0.717) is 13.1 Å². The Labute approximate surface area is 85.4 Å². The number of fused-ring (bicyclic) bond motifs is 1. The Bertz CT molecular complexity index is 506. The summed E-state index contributed by atoms with van der Waals surface area (Å²) in [5.41, 5.74) is 6.37. The maximum absolute atomic E-state index is 10.5. The monoisotopic (exact) mass is 206 g/mol. The average molecular weight is 206 g/mol. The smallest absolute Gasteiger partial charge is 0.270 e. The Morgan fingerprint density at radius 3 is 3.00 bits per heavy atom. The first kappa shape index (κ1) is 9.60. The number of benzene rings is 1. The van der Waals surface area contributed by atoms with E-state index in [1.807, 2.05) is 0 Å². The Morgan fingerprint density at radius 2 is 2.33 bits per heavy atom. The van der Waals surface area contributed by atoms with Crippen molar-refractivity contribution in [3.05, 3.63) is 34.5 Å². The van der Waals surface area contributed by atoms with Crippen molar-refractivity contribution in [3.63, 3.8) is 0 Å². The molecule has 0 radical (unpaired) electrons. The van der Waals surface area contributed by atoms with Crippen LogP contribution in [0.1, 0.15) is 0 Å². The maximum Gasteiger partial charge on any atom is 0.270 e. The van der Waals surface area contributed by atoms with Gasteiger partial charge < -0.3 is 5.73 Å². The highest BCUT2D eigenvalue weighted by Crippen LogP contribution is 2.20. The normalized spacial score (nSPS) is 10.7. The fourth-order valence-corrected chi connectivity index (χ4v) is 1.49. The second-order valence-corrected chi connectivity index (χ2v) is 3.16. The second-order valence-electron chi connectivity index (χ2n) is 3.16. The van der Waals surface area contributed by atoms with Gasteiger partial charge in [-0.05, 0) is 6.07 Å². The van der Waals surface area contributed by atoms with Gasteiger partial charge in [-0.25, -0.2) is 0 Å². The summed E-state index contributed by atoms with van der Waals surface area (Å²) < 4.78 is 1.74. The summed E-state index contributed by atoms with van der Waals surface area (Å²) in [6.45, 7) is 1.11. The first-order chi connectivity index (χ1) is 7.22. The minimum Gasteiger partial charge on any atom is -0.329 e. The highest BCUT2D eigenvalue weighted by molar-refractivity contribution is 5.81. The van der Waals surface area contributed by atoms with Gasteiger partial charge in [0.05, 0.1) is 23.2 Å². The summed E-state index contributed by atoms with van der Waals surface area (Å²) in [4.78, 5) is 10.1. The molecule has 1 aromatic heterocycles. The van der Waals surface area contributed by atoms with E-state index in [1.165, 1.54) is 12.1 Å². The van der Waals surface area contributed by atoms with Gasteiger partial charge in [-0.3, -0.25) is 14.8 Å². The van der Waals surface area contributed by atoms with Crippen LogP contribution >= 0.6 is 0 Å². The number of aromatic nitrogens is 2. The molecule has 0 saturated heterocycles. The lowest BCUT2D eigenvalue weighted by Crippen LogP contribution is -2.10. The van der Waals surface area contributed by atoms with E-state index in [0.717, 1.165) is 10.9 Å². The van der Waals surface area contributed by atoms with Crippen LogP contribution in [0, 0.1) is 10.1 Å². The molecule has 0 unspecified atom stereocenters. The highest BCUT2D eigenvalue weighted by Gasteiger charge is 2.08. The number of nitrogens with two attached hydrogens (primary N) is 1. The van der Waals surface area contributed by atoms with Gasteiger partial charge in [-0.1, -0.05) is 0 Å². The van der Waals surface area contributed by atoms with E-state index in [1.54, 1.807) is 16.9 Å². The Hall–Kier alpha value is -1.95. The molecule has 0 fully saturated rings. The van der Waals surface area contributed by atoms with Crippen molar-refractivity contribution in [2.75, 3.05) is 6.54 Å². The summed E-state index contributed by atoms with van der Waals surface area (Å²) in [7, 11) is 0. The molecule has 78 valence electrons. The average Bonchev–Trinajstić information content (AvgIpc) is 2.61. The Kier molecular flexibility index (Phi) is 2.34. The summed E-state index contributed by atoms with van der Waals surface area (Å²) in [6, 6.07) is 4.67. The molecule has 6 heteroatoms. The molecule has 2 rings (SSSR count). The molecule has 0 aliphatic rings. The van der Waals surface area contributed by atoms with Crippen LogP contribution < -0.4 is 5.73 Å². The molecular formula is C9H10N4O2. The molecule has 0 saturated carbocycles. The second kappa shape index (κ2) is 3.66. The minimum absolute atomic E-state index is 0.0785. The standard InChI is InChI=1S/C9H10N4O2/c10-3-4-12-9-2-1-8(13(14)15)5-7(9)6-11-12/h1-2,5-6H,3-4,10H2. The number of hydrogen-bond donors (Lipinski definition) is 1. The van der Waals surface area contributed by atoms with E-state index >= 15 is 0 Å². The summed E-state index contributed by atoms with van der Waals surface area (Å²) in [6.07, 6.45) is 1.61. The largest absolute Gasteiger partial charge is 0.329 e. The fourth-order valence-electron chi connectivity index (χ4n) is 1.49. The maximum atomic E-state index is 10.5. The van der Waals surface area contributed by atoms with Crippen LogP contribution in [0.5, 0.6) is 0 Å². The number of nitro groups is 1. The Morgan fingerprint density at radius 1 is 1.53 bits per heavy atom. The third-order valence-electron chi connectivity index (χ3n) is 2.18. The van der Waals surface area contributed by atoms with Gasteiger partial charge in [-0.2, -0.15) is 5.10 Å². The number of nitrogens with zero attached hydrogens (tertiary/aromatic N) is 3. The molecule has 0 aliphatic carbocycles. The van der Waals surface area contributed by atoms with Crippen molar-refractivity contribution in [3.8, 4) is 0 Å². The van der Waals surface area contributed by atoms with Gasteiger partial charge in [0.1, 0.15) is 0 Å². The van der Waals surface area contributed by atoms with Gasteiger partial charge in [0.2, 0.25) is 0 Å². The van der Waals surface area contributed by atoms with Crippen LogP contribution in [-0.2, 0) is 6.54 Å². The van der Waals surface area contributed by atoms with Gasteiger partial charge in [0.25, 0.3) is 5.69 Å². The molecule has 2 N–H and O–H groups in total. The van der Waals surface area contributed by atoms with Crippen LogP contribution in [0.3, 0.4) is 0 Å². The molecule has 1 heterocycles. The SMILES string of the molecule is NCCn1ncc2cc([N+](=O)[O-])ccc21. The van der Waals surface area contributed by atoms with E-state index in [4.69, 9.17) is 5.73 Å². The lowest BCUT2D eigenvalue weighted by atomic mass is 10.2. The van der Waals surface area contributed by atoms with Crippen molar-refractivity contribution < 1.29 is 4.92 Å². The molecular weight excluding hydrogens is 196 g/mol. The Balaban J connectivity index is 2.51. The van der Waals surface area contributed by atoms with Crippen LogP contribution in [-0.4, -0.2) is 21.2 Å². The van der Waals surface area contributed by atoms with E-state index in [2.05, 4.69) is 5.10 Å². The summed E-state index contributed by atoms with van der Waals surface area (Å²) >= 11 is 0. The lowest BCUT2D eigenvalue weighted by Gasteiger charge is -1.99. The lowest BCUT2D eigenvalue weighted by molar-refractivity contribution is -0.384. The van der Waals surface area contributed by atoms with Crippen LogP contribution in [0.15, 0.2) is 24.4 Å². The zero-order valence-electron chi connectivity index (χ0n) is 7.96. The number of hydrogen-bond acceptors (Lipinski definition) is 4. The number of nitro benzene ring substituents is 1. The molecule has 1 aromatic carbocycles. The zero-order chi connectivity index (χ0) is 10.8. The van der Waals surface area contributed by atoms with E-state index < -0.39 is 4.92 Å². The van der Waals surface area contributed by atoms with Gasteiger partial charge >= 0.3 is 0 Å². The minimum atomic E-state index is -0.417. The van der Waals surface area contributed by atoms with Crippen molar-refractivity contribution in [2.45, 2.75) is 6.54 Å². The molecule has 0 aliphatic heterocycles. The fraction of sp³-hybridized carbons (Fsp3) is 0.222. The van der Waals surface area contributed by atoms with Crippen LogP contribution in [0.4, 0.5) is 5.69 Å². The molecule has 6 nitrogen and oxygen atoms in total. The molecule has 15 heavy (non-hydrogen) atoms. The third-order valence-corrected chi connectivity index (χ3v) is 2.18. The number of non-ortho nitro benzene ring substituents is 1. The quantitative estimate of drug-likeness (QED) is 0.597. The van der Waals surface area contributed by atoms with E-state index in [9.17, 15) is 10.1 Å². The van der Waals surface area contributed by atoms with Crippen molar-refractivity contribution >= 4 is 16.6 Å². The molecule has 0 atom stereocenters. The highest BCUT2D eigenvalue weighted by atomic mass is 16.6. The summed E-state index contributed by atoms with van der Waals surface area (Å²) in [5, 5.41) is 15.4. The van der Waals surface area contributed by atoms with Crippen LogP contribution in [0.25, 0.3) is 10.9 Å². The van der Waals surface area contributed by atoms with Gasteiger partial charge in [-0.15, -0.1) is 0 Å². The predicted octanol–water partition coefficient (Wildman–Crippen LogP) is 0.903. The topological polar surface area (TPSA) is 87.0 Å². The first-order valence-electron chi connectivity index (χ1n) is 4.52. The van der Waals surface area contributed by atoms with E-state index in [-0.39, 0.29) is 5.69 Å². The van der Waals surface area contributed by atoms with Crippen molar-refractivity contribution in [2.24, 2.45) is 5.73 Å². The molecule has 0 bridgehead atoms. The molecule has 0 spiro atoms. The van der Waals surface area contributed by atoms with Crippen LogP contribution in [0.2, 0.25) is 0 Å². The van der Waals surface area contributed by atoms with Gasteiger partial charge in [0, 0.05) is 24.1 Å². The number of rotatable bonds is 3. The molecule has 2 aromatic rings. The van der Waals surface area contributed by atoms with Crippen molar-refractivity contribution in [1.29, 1.82) is 0 Å². The van der Waals surface area contributed by atoms with Gasteiger partial charge in [0.15, 0.2) is 0 Å².